The summed E-state index contributed by atoms with van der Waals surface area (Å²) in [5.41, 5.74) is 3.62. The van der Waals surface area contributed by atoms with Crippen LogP contribution in [0.25, 0.3) is 0 Å². The van der Waals surface area contributed by atoms with Crippen molar-refractivity contribution in [3.63, 3.8) is 0 Å². The van der Waals surface area contributed by atoms with E-state index >= 15 is 0 Å². The van der Waals surface area contributed by atoms with Gasteiger partial charge in [0, 0.05) is 18.5 Å². The molecule has 2 aromatic carbocycles. The first-order valence-electron chi connectivity index (χ1n) is 10.1. The van der Waals surface area contributed by atoms with E-state index in [1.807, 2.05) is 0 Å². The zero-order chi connectivity index (χ0) is 23.3. The molecule has 0 spiro atoms. The molecule has 0 aliphatic heterocycles. The monoisotopic (exact) mass is 441 g/mol. The first-order chi connectivity index (χ1) is 15.4. The van der Waals surface area contributed by atoms with Crippen LogP contribution in [0.1, 0.15) is 36.2 Å². The third-order valence-corrected chi connectivity index (χ3v) is 4.20. The van der Waals surface area contributed by atoms with E-state index in [-0.39, 0.29) is 24.8 Å². The molecule has 0 saturated heterocycles. The topological polar surface area (TPSA) is 115 Å². The lowest BCUT2D eigenvalue weighted by molar-refractivity contribution is -0.150. The van der Waals surface area contributed by atoms with Crippen molar-refractivity contribution in [2.75, 3.05) is 20.3 Å². The normalized spacial score (nSPS) is 11.5. The Bertz CT molecular complexity index is 926. The Labute approximate surface area is 186 Å². The van der Waals surface area contributed by atoms with Crippen molar-refractivity contribution < 1.29 is 28.6 Å². The zero-order valence-corrected chi connectivity index (χ0v) is 18.3. The molecule has 0 aliphatic carbocycles. The molecule has 0 radical (unpaired) electrons. The van der Waals surface area contributed by atoms with Crippen molar-refractivity contribution in [3.05, 3.63) is 59.7 Å². The number of methoxy groups -OCH3 is 1. The van der Waals surface area contributed by atoms with Gasteiger partial charge in [0.25, 0.3) is 5.91 Å². The predicted molar refractivity (Wildman–Crippen MR) is 119 cm³/mol. The fourth-order valence-corrected chi connectivity index (χ4v) is 2.51. The predicted octanol–water partition coefficient (Wildman–Crippen LogP) is 2.30. The molecule has 9 nitrogen and oxygen atoms in total. The van der Waals surface area contributed by atoms with Crippen LogP contribution in [-0.4, -0.2) is 50.4 Å². The molecule has 9 heteroatoms. The van der Waals surface area contributed by atoms with E-state index < -0.39 is 12.1 Å². The minimum Gasteiger partial charge on any atom is -0.497 e. The lowest BCUT2D eigenvalue weighted by atomic mass is 10.2. The highest BCUT2D eigenvalue weighted by molar-refractivity contribution is 5.94. The minimum absolute atomic E-state index is 0.0811. The molecule has 0 heterocycles. The molecule has 0 fully saturated rings. The van der Waals surface area contributed by atoms with E-state index in [9.17, 15) is 14.4 Å². The molecular formula is C23H27N3O6. The quantitative estimate of drug-likeness (QED) is 0.314. The second kappa shape index (κ2) is 12.7. The van der Waals surface area contributed by atoms with Crippen LogP contribution < -0.4 is 20.2 Å². The number of ether oxygens (including phenoxy) is 3. The van der Waals surface area contributed by atoms with Gasteiger partial charge < -0.3 is 19.5 Å². The number of carbonyl (C=O) groups is 3. The molecule has 0 aliphatic rings. The first-order valence-corrected chi connectivity index (χ1v) is 10.1. The van der Waals surface area contributed by atoms with Gasteiger partial charge in [-0.2, -0.15) is 5.10 Å². The first kappa shape index (κ1) is 24.4. The number of amides is 2. The lowest BCUT2D eigenvalue weighted by Gasteiger charge is -2.13. The number of carbonyl (C=O) groups excluding carboxylic acids is 3. The van der Waals surface area contributed by atoms with Gasteiger partial charge in [0.15, 0.2) is 6.10 Å². The molecule has 2 rings (SSSR count). The maximum atomic E-state index is 12.0. The van der Waals surface area contributed by atoms with Crippen LogP contribution in [-0.2, 0) is 14.3 Å². The number of hydrogen-bond donors (Lipinski definition) is 2. The summed E-state index contributed by atoms with van der Waals surface area (Å²) >= 11 is 0. The van der Waals surface area contributed by atoms with Crippen LogP contribution in [0.2, 0.25) is 0 Å². The van der Waals surface area contributed by atoms with Crippen LogP contribution in [0.4, 0.5) is 0 Å². The van der Waals surface area contributed by atoms with Crippen LogP contribution in [0.5, 0.6) is 11.5 Å². The minimum atomic E-state index is -0.709. The Morgan fingerprint density at radius 1 is 1.03 bits per heavy atom. The van der Waals surface area contributed by atoms with Gasteiger partial charge in [0.05, 0.1) is 19.9 Å². The maximum Gasteiger partial charge on any atom is 0.347 e. The summed E-state index contributed by atoms with van der Waals surface area (Å²) in [7, 11) is 1.55. The van der Waals surface area contributed by atoms with Gasteiger partial charge in [-0.15, -0.1) is 0 Å². The van der Waals surface area contributed by atoms with Crippen LogP contribution in [0.3, 0.4) is 0 Å². The molecule has 2 aromatic rings. The molecule has 0 aromatic heterocycles. The average molecular weight is 441 g/mol. The van der Waals surface area contributed by atoms with E-state index in [1.54, 1.807) is 69.5 Å². The standard InChI is InChI=1S/C23H27N3O6/c1-4-31-23(29)16(2)32-20-9-5-17(6-10-20)15-25-26-21(27)13-14-24-22(28)18-7-11-19(30-3)12-8-18/h5-12,15-16H,4,13-14H2,1-3H3,(H,24,28)(H,26,27). The van der Waals surface area contributed by atoms with Gasteiger partial charge in [-0.3, -0.25) is 9.59 Å². The fraction of sp³-hybridized carbons (Fsp3) is 0.304. The van der Waals surface area contributed by atoms with Gasteiger partial charge >= 0.3 is 5.97 Å². The van der Waals surface area contributed by atoms with Crippen LogP contribution in [0, 0.1) is 0 Å². The summed E-state index contributed by atoms with van der Waals surface area (Å²) < 4.78 is 15.4. The van der Waals surface area contributed by atoms with Crippen molar-refractivity contribution >= 4 is 24.0 Å². The van der Waals surface area contributed by atoms with Crippen molar-refractivity contribution in [2.45, 2.75) is 26.4 Å². The van der Waals surface area contributed by atoms with Gasteiger partial charge in [-0.25, -0.2) is 10.2 Å². The molecule has 32 heavy (non-hydrogen) atoms. The highest BCUT2D eigenvalue weighted by atomic mass is 16.6. The summed E-state index contributed by atoms with van der Waals surface area (Å²) in [6.45, 7) is 3.82. The lowest BCUT2D eigenvalue weighted by Crippen LogP contribution is -2.29. The summed E-state index contributed by atoms with van der Waals surface area (Å²) in [4.78, 5) is 35.5. The van der Waals surface area contributed by atoms with E-state index in [2.05, 4.69) is 15.8 Å². The Morgan fingerprint density at radius 2 is 1.69 bits per heavy atom. The van der Waals surface area contributed by atoms with Gasteiger partial charge in [0.2, 0.25) is 5.91 Å². The average Bonchev–Trinajstić information content (AvgIpc) is 2.80. The number of nitrogens with zero attached hydrogens (tertiary/aromatic N) is 1. The van der Waals surface area contributed by atoms with Crippen molar-refractivity contribution in [1.29, 1.82) is 0 Å². The number of nitrogens with one attached hydrogen (secondary N) is 2. The van der Waals surface area contributed by atoms with Gasteiger partial charge in [-0.1, -0.05) is 0 Å². The number of hydrogen-bond acceptors (Lipinski definition) is 7. The number of esters is 1. The third kappa shape index (κ3) is 8.10. The molecule has 0 bridgehead atoms. The van der Waals surface area contributed by atoms with Gasteiger partial charge in [-0.05, 0) is 67.9 Å². The Kier molecular flexibility index (Phi) is 9.70. The molecule has 170 valence electrons. The molecule has 2 amide bonds. The Balaban J connectivity index is 1.71. The number of hydrazone groups is 1. The SMILES string of the molecule is CCOC(=O)C(C)Oc1ccc(C=NNC(=O)CCNC(=O)c2ccc(OC)cc2)cc1. The smallest absolute Gasteiger partial charge is 0.347 e. The summed E-state index contributed by atoms with van der Waals surface area (Å²) in [6, 6.07) is 13.5. The zero-order valence-electron chi connectivity index (χ0n) is 18.3. The number of benzene rings is 2. The highest BCUT2D eigenvalue weighted by Crippen LogP contribution is 2.14. The molecular weight excluding hydrogens is 414 g/mol. The maximum absolute atomic E-state index is 12.0. The Hall–Kier alpha value is -3.88. The van der Waals surface area contributed by atoms with E-state index in [0.29, 0.717) is 23.7 Å². The van der Waals surface area contributed by atoms with E-state index in [1.165, 1.54) is 6.21 Å². The van der Waals surface area contributed by atoms with Crippen molar-refractivity contribution in [3.8, 4) is 11.5 Å². The van der Waals surface area contributed by atoms with E-state index in [4.69, 9.17) is 14.2 Å². The molecule has 0 saturated carbocycles. The summed E-state index contributed by atoms with van der Waals surface area (Å²) in [5.74, 6) is 0.135. The molecule has 1 atom stereocenters. The fourth-order valence-electron chi connectivity index (χ4n) is 2.51. The highest BCUT2D eigenvalue weighted by Gasteiger charge is 2.15. The second-order valence-electron chi connectivity index (χ2n) is 6.61. The molecule has 1 unspecified atom stereocenters. The van der Waals surface area contributed by atoms with Crippen molar-refractivity contribution in [1.82, 2.24) is 10.7 Å². The van der Waals surface area contributed by atoms with Crippen molar-refractivity contribution in [2.24, 2.45) is 5.10 Å². The number of rotatable bonds is 11. The Morgan fingerprint density at radius 3 is 2.31 bits per heavy atom. The second-order valence-corrected chi connectivity index (χ2v) is 6.61. The third-order valence-electron chi connectivity index (χ3n) is 4.20. The largest absolute Gasteiger partial charge is 0.497 e. The van der Waals surface area contributed by atoms with Gasteiger partial charge in [0.1, 0.15) is 11.5 Å². The molecule has 2 N–H and O–H groups in total. The van der Waals surface area contributed by atoms with E-state index in [0.717, 1.165) is 5.56 Å². The van der Waals surface area contributed by atoms with Crippen LogP contribution >= 0.6 is 0 Å². The van der Waals surface area contributed by atoms with Crippen LogP contribution in [0.15, 0.2) is 53.6 Å². The summed E-state index contributed by atoms with van der Waals surface area (Å²) in [6.07, 6.45) is 0.850. The summed E-state index contributed by atoms with van der Waals surface area (Å²) in [5, 5.41) is 6.57.